The van der Waals surface area contributed by atoms with E-state index in [1.807, 2.05) is 13.0 Å². The predicted molar refractivity (Wildman–Crippen MR) is 96.0 cm³/mol. The molecule has 0 bridgehead atoms. The second kappa shape index (κ2) is 7.04. The fraction of sp³-hybridized carbons (Fsp3) is 0.444. The van der Waals surface area contributed by atoms with Gasteiger partial charge in [-0.1, -0.05) is 13.8 Å². The van der Waals surface area contributed by atoms with E-state index in [1.54, 1.807) is 17.0 Å². The molecule has 2 aromatic heterocycles. The zero-order valence-corrected chi connectivity index (χ0v) is 14.8. The van der Waals surface area contributed by atoms with Crippen molar-refractivity contribution in [3.05, 3.63) is 51.8 Å². The van der Waals surface area contributed by atoms with Crippen molar-refractivity contribution in [1.82, 2.24) is 19.9 Å². The number of aryl methyl sites for hydroxylation is 1. The van der Waals surface area contributed by atoms with Gasteiger partial charge in [0.2, 0.25) is 0 Å². The molecule has 0 aliphatic carbocycles. The van der Waals surface area contributed by atoms with Gasteiger partial charge in [0.1, 0.15) is 17.2 Å². The molecule has 0 saturated carbocycles. The summed E-state index contributed by atoms with van der Waals surface area (Å²) >= 11 is 0. The number of hydrogen-bond donors (Lipinski definition) is 1. The van der Waals surface area contributed by atoms with Crippen LogP contribution in [0.5, 0.6) is 0 Å². The van der Waals surface area contributed by atoms with Gasteiger partial charge in [-0.15, -0.1) is 0 Å². The molecule has 1 amide bonds. The molecular formula is C18H23N5O2. The highest BCUT2D eigenvalue weighted by molar-refractivity contribution is 5.93. The van der Waals surface area contributed by atoms with Crippen molar-refractivity contribution in [1.29, 1.82) is 0 Å². The van der Waals surface area contributed by atoms with Crippen molar-refractivity contribution >= 4 is 11.7 Å². The second-order valence-electron chi connectivity index (χ2n) is 6.57. The standard InChI is InChI=1S/C18H23N5O2/c1-12(2)16-20-13(3)11-15(21-16)22-7-9-23(10-8-22)18(25)14-5-4-6-19-17(14)24/h4-6,11-12H,7-10H2,1-3H3,(H,19,24). The first kappa shape index (κ1) is 17.1. The summed E-state index contributed by atoms with van der Waals surface area (Å²) in [6, 6.07) is 5.21. The normalized spacial score (nSPS) is 14.9. The monoisotopic (exact) mass is 341 g/mol. The minimum Gasteiger partial charge on any atom is -0.353 e. The Hall–Kier alpha value is -2.70. The van der Waals surface area contributed by atoms with E-state index in [4.69, 9.17) is 0 Å². The quantitative estimate of drug-likeness (QED) is 0.916. The van der Waals surface area contributed by atoms with Crippen LogP contribution in [0.2, 0.25) is 0 Å². The van der Waals surface area contributed by atoms with E-state index in [0.717, 1.165) is 17.3 Å². The molecule has 3 heterocycles. The number of aromatic amines is 1. The minimum atomic E-state index is -0.345. The number of nitrogens with zero attached hydrogens (tertiary/aromatic N) is 4. The smallest absolute Gasteiger partial charge is 0.260 e. The van der Waals surface area contributed by atoms with Crippen molar-refractivity contribution in [2.75, 3.05) is 31.1 Å². The van der Waals surface area contributed by atoms with E-state index in [0.29, 0.717) is 26.2 Å². The van der Waals surface area contributed by atoms with E-state index < -0.39 is 0 Å². The Kier molecular flexibility index (Phi) is 4.83. The molecule has 7 heteroatoms. The Morgan fingerprint density at radius 3 is 2.56 bits per heavy atom. The number of carbonyl (C=O) groups is 1. The van der Waals surface area contributed by atoms with Gasteiger partial charge in [0, 0.05) is 50.1 Å². The molecule has 1 aliphatic rings. The zero-order chi connectivity index (χ0) is 18.0. The topological polar surface area (TPSA) is 82.2 Å². The molecule has 3 rings (SSSR count). The molecule has 0 atom stereocenters. The number of rotatable bonds is 3. The molecule has 25 heavy (non-hydrogen) atoms. The number of anilines is 1. The third-order valence-electron chi connectivity index (χ3n) is 4.31. The predicted octanol–water partition coefficient (Wildman–Crippen LogP) is 1.56. The number of carbonyl (C=O) groups excluding carboxylic acids is 1. The van der Waals surface area contributed by atoms with Crippen LogP contribution < -0.4 is 10.5 Å². The fourth-order valence-corrected chi connectivity index (χ4v) is 2.89. The van der Waals surface area contributed by atoms with Gasteiger partial charge in [-0.05, 0) is 19.1 Å². The van der Waals surface area contributed by atoms with Crippen LogP contribution in [0.3, 0.4) is 0 Å². The highest BCUT2D eigenvalue weighted by Crippen LogP contribution is 2.19. The first-order valence-electron chi connectivity index (χ1n) is 8.53. The number of amides is 1. The number of piperazine rings is 1. The van der Waals surface area contributed by atoms with Gasteiger partial charge < -0.3 is 14.8 Å². The summed E-state index contributed by atoms with van der Waals surface area (Å²) in [7, 11) is 0. The SMILES string of the molecule is Cc1cc(N2CCN(C(=O)c3ccc[nH]c3=O)CC2)nc(C(C)C)n1. The summed E-state index contributed by atoms with van der Waals surface area (Å²) in [6.45, 7) is 8.62. The average Bonchev–Trinajstić information content (AvgIpc) is 2.61. The molecule has 7 nitrogen and oxygen atoms in total. The Morgan fingerprint density at radius 1 is 1.20 bits per heavy atom. The highest BCUT2D eigenvalue weighted by atomic mass is 16.2. The Morgan fingerprint density at radius 2 is 1.92 bits per heavy atom. The van der Waals surface area contributed by atoms with Crippen molar-refractivity contribution < 1.29 is 4.79 Å². The van der Waals surface area contributed by atoms with E-state index in [9.17, 15) is 9.59 Å². The summed E-state index contributed by atoms with van der Waals surface area (Å²) in [5.74, 6) is 1.79. The molecule has 1 saturated heterocycles. The Labute approximate surface area is 146 Å². The van der Waals surface area contributed by atoms with Gasteiger partial charge in [0.15, 0.2) is 0 Å². The van der Waals surface area contributed by atoms with Gasteiger partial charge >= 0.3 is 0 Å². The van der Waals surface area contributed by atoms with Crippen molar-refractivity contribution in [3.63, 3.8) is 0 Å². The maximum Gasteiger partial charge on any atom is 0.260 e. The van der Waals surface area contributed by atoms with Gasteiger partial charge in [0.25, 0.3) is 11.5 Å². The fourth-order valence-electron chi connectivity index (χ4n) is 2.89. The largest absolute Gasteiger partial charge is 0.353 e. The maximum atomic E-state index is 12.5. The molecular weight excluding hydrogens is 318 g/mol. The average molecular weight is 341 g/mol. The summed E-state index contributed by atoms with van der Waals surface area (Å²) in [5.41, 5.74) is 0.793. The summed E-state index contributed by atoms with van der Waals surface area (Å²) in [5, 5.41) is 0. The molecule has 1 N–H and O–H groups in total. The van der Waals surface area contributed by atoms with Crippen molar-refractivity contribution in [2.24, 2.45) is 0 Å². The molecule has 0 aromatic carbocycles. The van der Waals surface area contributed by atoms with Gasteiger partial charge in [-0.2, -0.15) is 0 Å². The zero-order valence-electron chi connectivity index (χ0n) is 14.8. The van der Waals surface area contributed by atoms with E-state index in [-0.39, 0.29) is 22.9 Å². The van der Waals surface area contributed by atoms with Crippen molar-refractivity contribution in [3.8, 4) is 0 Å². The lowest BCUT2D eigenvalue weighted by Crippen LogP contribution is -2.50. The molecule has 0 unspecified atom stereocenters. The summed E-state index contributed by atoms with van der Waals surface area (Å²) < 4.78 is 0. The summed E-state index contributed by atoms with van der Waals surface area (Å²) in [6.07, 6.45) is 1.53. The van der Waals surface area contributed by atoms with Crippen LogP contribution >= 0.6 is 0 Å². The lowest BCUT2D eigenvalue weighted by molar-refractivity contribution is 0.0744. The lowest BCUT2D eigenvalue weighted by Gasteiger charge is -2.35. The number of nitrogens with one attached hydrogen (secondary N) is 1. The van der Waals surface area contributed by atoms with Crippen LogP contribution in [-0.4, -0.2) is 51.9 Å². The van der Waals surface area contributed by atoms with Crippen molar-refractivity contribution in [2.45, 2.75) is 26.7 Å². The number of aromatic nitrogens is 3. The maximum absolute atomic E-state index is 12.5. The molecule has 1 fully saturated rings. The third kappa shape index (κ3) is 3.70. The lowest BCUT2D eigenvalue weighted by atomic mass is 10.2. The Bertz CT molecular complexity index is 822. The van der Waals surface area contributed by atoms with Gasteiger partial charge in [-0.3, -0.25) is 9.59 Å². The number of hydrogen-bond acceptors (Lipinski definition) is 5. The minimum absolute atomic E-state index is 0.191. The molecule has 1 aliphatic heterocycles. The molecule has 0 spiro atoms. The Balaban J connectivity index is 1.71. The second-order valence-corrected chi connectivity index (χ2v) is 6.57. The van der Waals surface area contributed by atoms with Crippen LogP contribution in [0.4, 0.5) is 5.82 Å². The van der Waals surface area contributed by atoms with Crippen LogP contribution in [-0.2, 0) is 0 Å². The van der Waals surface area contributed by atoms with Crippen LogP contribution in [0.1, 0.15) is 41.6 Å². The van der Waals surface area contributed by atoms with Crippen LogP contribution in [0, 0.1) is 6.92 Å². The van der Waals surface area contributed by atoms with Crippen LogP contribution in [0.15, 0.2) is 29.2 Å². The third-order valence-corrected chi connectivity index (χ3v) is 4.31. The molecule has 0 radical (unpaired) electrons. The highest BCUT2D eigenvalue weighted by Gasteiger charge is 2.24. The first-order valence-corrected chi connectivity index (χ1v) is 8.53. The van der Waals surface area contributed by atoms with Gasteiger partial charge in [0.05, 0.1) is 0 Å². The van der Waals surface area contributed by atoms with E-state index >= 15 is 0 Å². The number of H-pyrrole nitrogens is 1. The first-order chi connectivity index (χ1) is 12.0. The van der Waals surface area contributed by atoms with E-state index in [2.05, 4.69) is 33.7 Å². The molecule has 132 valence electrons. The van der Waals surface area contributed by atoms with Crippen LogP contribution in [0.25, 0.3) is 0 Å². The molecule has 2 aromatic rings. The summed E-state index contributed by atoms with van der Waals surface area (Å²) in [4.78, 5) is 39.9. The van der Waals surface area contributed by atoms with Gasteiger partial charge in [-0.25, -0.2) is 9.97 Å². The van der Waals surface area contributed by atoms with E-state index in [1.165, 1.54) is 6.20 Å². The number of pyridine rings is 1.